The SMILES string of the molecule is CN(C)C(=O)c1cc(NCc2cnn(C)c2)ccc1Cl. The first-order valence-corrected chi connectivity index (χ1v) is 6.58. The quantitative estimate of drug-likeness (QED) is 0.941. The van der Waals surface area contributed by atoms with E-state index in [1.54, 1.807) is 37.1 Å². The zero-order chi connectivity index (χ0) is 14.7. The summed E-state index contributed by atoms with van der Waals surface area (Å²) in [5.41, 5.74) is 2.42. The number of anilines is 1. The Morgan fingerprint density at radius 2 is 2.20 bits per heavy atom. The normalized spacial score (nSPS) is 10.4. The van der Waals surface area contributed by atoms with Crippen LogP contribution in [0.4, 0.5) is 5.69 Å². The number of rotatable bonds is 4. The van der Waals surface area contributed by atoms with Gasteiger partial charge in [0.1, 0.15) is 0 Å². The van der Waals surface area contributed by atoms with Crippen molar-refractivity contribution < 1.29 is 4.79 Å². The molecule has 20 heavy (non-hydrogen) atoms. The number of nitrogens with one attached hydrogen (secondary N) is 1. The van der Waals surface area contributed by atoms with E-state index in [1.807, 2.05) is 19.3 Å². The van der Waals surface area contributed by atoms with Gasteiger partial charge in [-0.2, -0.15) is 5.10 Å². The molecule has 0 radical (unpaired) electrons. The predicted molar refractivity (Wildman–Crippen MR) is 80.0 cm³/mol. The van der Waals surface area contributed by atoms with E-state index in [0.717, 1.165) is 11.3 Å². The van der Waals surface area contributed by atoms with Gasteiger partial charge in [-0.05, 0) is 18.2 Å². The molecule has 1 heterocycles. The third-order valence-corrected chi connectivity index (χ3v) is 3.19. The number of amides is 1. The molecule has 0 saturated carbocycles. The molecule has 106 valence electrons. The van der Waals surface area contributed by atoms with Crippen molar-refractivity contribution in [1.29, 1.82) is 0 Å². The third-order valence-electron chi connectivity index (χ3n) is 2.86. The number of benzene rings is 1. The lowest BCUT2D eigenvalue weighted by atomic mass is 10.1. The van der Waals surface area contributed by atoms with Gasteiger partial charge in [0.25, 0.3) is 5.91 Å². The molecule has 0 atom stereocenters. The Morgan fingerprint density at radius 1 is 1.45 bits per heavy atom. The standard InChI is InChI=1S/C14H17ClN4O/c1-18(2)14(20)12-6-11(4-5-13(12)15)16-7-10-8-17-19(3)9-10/h4-6,8-9,16H,7H2,1-3H3. The largest absolute Gasteiger partial charge is 0.381 e. The topological polar surface area (TPSA) is 50.2 Å². The smallest absolute Gasteiger partial charge is 0.254 e. The fraction of sp³-hybridized carbons (Fsp3) is 0.286. The highest BCUT2D eigenvalue weighted by Gasteiger charge is 2.13. The molecule has 1 amide bonds. The van der Waals surface area contributed by atoms with Crippen molar-refractivity contribution in [3.8, 4) is 0 Å². The number of aromatic nitrogens is 2. The minimum Gasteiger partial charge on any atom is -0.381 e. The van der Waals surface area contributed by atoms with Crippen LogP contribution in [0.15, 0.2) is 30.6 Å². The summed E-state index contributed by atoms with van der Waals surface area (Å²) in [7, 11) is 5.28. The Balaban J connectivity index is 2.13. The third kappa shape index (κ3) is 3.30. The molecule has 0 spiro atoms. The monoisotopic (exact) mass is 292 g/mol. The number of nitrogens with zero attached hydrogens (tertiary/aromatic N) is 3. The van der Waals surface area contributed by atoms with Gasteiger partial charge in [-0.1, -0.05) is 11.6 Å². The molecule has 1 N–H and O–H groups in total. The van der Waals surface area contributed by atoms with E-state index in [9.17, 15) is 4.79 Å². The van der Waals surface area contributed by atoms with E-state index < -0.39 is 0 Å². The van der Waals surface area contributed by atoms with Crippen LogP contribution in [0, 0.1) is 0 Å². The lowest BCUT2D eigenvalue weighted by Gasteiger charge is -2.13. The highest BCUT2D eigenvalue weighted by Crippen LogP contribution is 2.22. The second-order valence-corrected chi connectivity index (χ2v) is 5.18. The average Bonchev–Trinajstić information content (AvgIpc) is 2.82. The van der Waals surface area contributed by atoms with Crippen LogP contribution >= 0.6 is 11.6 Å². The molecule has 0 aliphatic rings. The van der Waals surface area contributed by atoms with Crippen molar-refractivity contribution in [3.63, 3.8) is 0 Å². The summed E-state index contributed by atoms with van der Waals surface area (Å²) in [4.78, 5) is 13.5. The van der Waals surface area contributed by atoms with E-state index >= 15 is 0 Å². The number of aryl methyl sites for hydroxylation is 1. The first-order valence-electron chi connectivity index (χ1n) is 6.20. The highest BCUT2D eigenvalue weighted by molar-refractivity contribution is 6.34. The van der Waals surface area contributed by atoms with Gasteiger partial charge in [0.2, 0.25) is 0 Å². The van der Waals surface area contributed by atoms with Crippen molar-refractivity contribution >= 4 is 23.2 Å². The van der Waals surface area contributed by atoms with Gasteiger partial charge in [-0.25, -0.2) is 0 Å². The van der Waals surface area contributed by atoms with Gasteiger partial charge in [0.05, 0.1) is 16.8 Å². The number of halogens is 1. The maximum Gasteiger partial charge on any atom is 0.254 e. The van der Waals surface area contributed by atoms with Crippen molar-refractivity contribution in [2.45, 2.75) is 6.54 Å². The summed E-state index contributed by atoms with van der Waals surface area (Å²) < 4.78 is 1.75. The molecule has 5 nitrogen and oxygen atoms in total. The molecule has 0 aliphatic heterocycles. The van der Waals surface area contributed by atoms with Crippen molar-refractivity contribution in [2.24, 2.45) is 7.05 Å². The molecule has 1 aromatic heterocycles. The first-order chi connectivity index (χ1) is 9.47. The fourth-order valence-corrected chi connectivity index (χ4v) is 2.01. The number of carbonyl (C=O) groups is 1. The lowest BCUT2D eigenvalue weighted by Crippen LogP contribution is -2.22. The second kappa shape index (κ2) is 5.96. The Bertz CT molecular complexity index is 621. The molecule has 0 saturated heterocycles. The molecule has 0 fully saturated rings. The Hall–Kier alpha value is -2.01. The first kappa shape index (κ1) is 14.4. The minimum absolute atomic E-state index is 0.111. The van der Waals surface area contributed by atoms with E-state index in [2.05, 4.69) is 10.4 Å². The molecule has 6 heteroatoms. The molecule has 0 unspecified atom stereocenters. The Labute approximate surface area is 123 Å². The molecular weight excluding hydrogens is 276 g/mol. The van der Waals surface area contributed by atoms with E-state index in [0.29, 0.717) is 17.1 Å². The zero-order valence-electron chi connectivity index (χ0n) is 11.7. The van der Waals surface area contributed by atoms with Crippen LogP contribution in [0.5, 0.6) is 0 Å². The Kier molecular flexibility index (Phi) is 4.29. The van der Waals surface area contributed by atoms with Crippen LogP contribution in [0.1, 0.15) is 15.9 Å². The van der Waals surface area contributed by atoms with Crippen LogP contribution < -0.4 is 5.32 Å². The molecule has 0 aliphatic carbocycles. The predicted octanol–water partition coefficient (Wildman–Crippen LogP) is 2.39. The number of carbonyl (C=O) groups excluding carboxylic acids is 1. The second-order valence-electron chi connectivity index (χ2n) is 4.77. The number of hydrogen-bond acceptors (Lipinski definition) is 3. The van der Waals surface area contributed by atoms with Crippen molar-refractivity contribution in [2.75, 3.05) is 19.4 Å². The van der Waals surface area contributed by atoms with Crippen LogP contribution in [-0.4, -0.2) is 34.7 Å². The summed E-state index contributed by atoms with van der Waals surface area (Å²) in [6.45, 7) is 0.644. The van der Waals surface area contributed by atoms with Gasteiger partial charge in [0, 0.05) is 45.1 Å². The number of hydrogen-bond donors (Lipinski definition) is 1. The van der Waals surface area contributed by atoms with Crippen LogP contribution in [-0.2, 0) is 13.6 Å². The van der Waals surface area contributed by atoms with E-state index in [-0.39, 0.29) is 5.91 Å². The maximum atomic E-state index is 12.0. The molecule has 2 rings (SSSR count). The maximum absolute atomic E-state index is 12.0. The van der Waals surface area contributed by atoms with E-state index in [1.165, 1.54) is 4.90 Å². The molecule has 2 aromatic rings. The summed E-state index contributed by atoms with van der Waals surface area (Å²) in [5.74, 6) is -0.111. The summed E-state index contributed by atoms with van der Waals surface area (Å²) in [5, 5.41) is 7.81. The Morgan fingerprint density at radius 3 is 2.80 bits per heavy atom. The lowest BCUT2D eigenvalue weighted by molar-refractivity contribution is 0.0828. The van der Waals surface area contributed by atoms with Crippen molar-refractivity contribution in [1.82, 2.24) is 14.7 Å². The van der Waals surface area contributed by atoms with Crippen molar-refractivity contribution in [3.05, 3.63) is 46.7 Å². The summed E-state index contributed by atoms with van der Waals surface area (Å²) in [6.07, 6.45) is 3.74. The zero-order valence-corrected chi connectivity index (χ0v) is 12.5. The molecule has 1 aromatic carbocycles. The minimum atomic E-state index is -0.111. The van der Waals surface area contributed by atoms with Gasteiger partial charge >= 0.3 is 0 Å². The van der Waals surface area contributed by atoms with Crippen LogP contribution in [0.3, 0.4) is 0 Å². The molecule has 0 bridgehead atoms. The van der Waals surface area contributed by atoms with Gasteiger partial charge in [0.15, 0.2) is 0 Å². The summed E-state index contributed by atoms with van der Waals surface area (Å²) in [6, 6.07) is 5.34. The van der Waals surface area contributed by atoms with Crippen LogP contribution in [0.2, 0.25) is 5.02 Å². The highest BCUT2D eigenvalue weighted by atomic mass is 35.5. The fourth-order valence-electron chi connectivity index (χ4n) is 1.81. The molecular formula is C14H17ClN4O. The van der Waals surface area contributed by atoms with Gasteiger partial charge in [-0.15, -0.1) is 0 Å². The average molecular weight is 293 g/mol. The van der Waals surface area contributed by atoms with Gasteiger partial charge in [-0.3, -0.25) is 9.48 Å². The van der Waals surface area contributed by atoms with Gasteiger partial charge < -0.3 is 10.2 Å². The summed E-state index contributed by atoms with van der Waals surface area (Å²) >= 11 is 6.07. The van der Waals surface area contributed by atoms with E-state index in [4.69, 9.17) is 11.6 Å². The van der Waals surface area contributed by atoms with Crippen LogP contribution in [0.25, 0.3) is 0 Å².